The van der Waals surface area contributed by atoms with Crippen LogP contribution in [-0.4, -0.2) is 66.9 Å². The monoisotopic (exact) mass is 392 g/mol. The molecule has 0 radical (unpaired) electrons. The number of rotatable bonds is 3. The van der Waals surface area contributed by atoms with E-state index in [-0.39, 0.29) is 22.6 Å². The second-order valence-corrected chi connectivity index (χ2v) is 9.57. The number of fused-ring (bicyclic) bond motifs is 1. The number of ether oxygens (including phenoxy) is 1. The molecule has 1 aliphatic heterocycles. The fourth-order valence-electron chi connectivity index (χ4n) is 2.87. The third-order valence-electron chi connectivity index (χ3n) is 4.36. The molecule has 148 valence electrons. The van der Waals surface area contributed by atoms with Crippen molar-refractivity contribution in [2.45, 2.75) is 57.3 Å². The Hall–Kier alpha value is -2.16. The van der Waals surface area contributed by atoms with Gasteiger partial charge in [-0.05, 0) is 46.8 Å². The lowest BCUT2D eigenvalue weighted by molar-refractivity contribution is 0.0210. The first-order valence-electron chi connectivity index (χ1n) is 9.17. The number of likely N-dealkylation sites (tertiary alicyclic amines) is 1. The molecule has 27 heavy (non-hydrogen) atoms. The minimum atomic E-state index is -0.469. The first-order chi connectivity index (χ1) is 12.8. The van der Waals surface area contributed by atoms with Crippen LogP contribution in [-0.2, 0) is 4.74 Å². The molecule has 1 N–H and O–H groups in total. The summed E-state index contributed by atoms with van der Waals surface area (Å²) < 4.78 is 7.23. The second kappa shape index (κ2) is 7.84. The number of carbonyl (C=O) groups excluding carboxylic acids is 1. The molecule has 0 bridgehead atoms. The van der Waals surface area contributed by atoms with Crippen molar-refractivity contribution in [3.63, 3.8) is 0 Å². The van der Waals surface area contributed by atoms with Crippen molar-refractivity contribution < 1.29 is 9.53 Å². The first-order valence-corrected chi connectivity index (χ1v) is 10.9. The molecule has 1 saturated heterocycles. The van der Waals surface area contributed by atoms with Crippen molar-refractivity contribution in [3.05, 3.63) is 12.4 Å². The normalized spacial score (nSPS) is 17.3. The maximum absolute atomic E-state index is 12.2. The number of anilines is 1. The van der Waals surface area contributed by atoms with E-state index in [1.165, 1.54) is 0 Å². The van der Waals surface area contributed by atoms with Crippen molar-refractivity contribution >= 4 is 33.4 Å². The van der Waals surface area contributed by atoms with E-state index >= 15 is 0 Å². The SMILES string of the molecule is C/C=S(\C)c1nc(NC2CCN(C(=O)OC(C)(C)C)CC2)c2nccn2n1. The molecule has 2 aromatic rings. The Balaban J connectivity index is 1.69. The summed E-state index contributed by atoms with van der Waals surface area (Å²) in [6.07, 6.45) is 7.10. The van der Waals surface area contributed by atoms with E-state index in [0.29, 0.717) is 13.1 Å². The molecule has 0 spiro atoms. The number of hydrogen-bond acceptors (Lipinski definition) is 6. The van der Waals surface area contributed by atoms with Gasteiger partial charge in [0.2, 0.25) is 5.16 Å². The van der Waals surface area contributed by atoms with E-state index in [9.17, 15) is 4.79 Å². The second-order valence-electron chi connectivity index (χ2n) is 7.62. The summed E-state index contributed by atoms with van der Waals surface area (Å²) in [6.45, 7) is 9.00. The predicted octanol–water partition coefficient (Wildman–Crippen LogP) is 3.02. The Kier molecular flexibility index (Phi) is 5.69. The molecule has 1 amide bonds. The number of piperidine rings is 1. The Labute approximate surface area is 162 Å². The maximum atomic E-state index is 12.2. The molecule has 1 fully saturated rings. The van der Waals surface area contributed by atoms with Gasteiger partial charge in [-0.25, -0.2) is 19.3 Å². The number of carbonyl (C=O) groups is 1. The lowest BCUT2D eigenvalue weighted by Gasteiger charge is -2.33. The quantitative estimate of drug-likeness (QED) is 0.808. The Morgan fingerprint density at radius 1 is 1.37 bits per heavy atom. The topological polar surface area (TPSA) is 84.7 Å². The molecule has 2 aromatic heterocycles. The molecule has 8 nitrogen and oxygen atoms in total. The lowest BCUT2D eigenvalue weighted by Crippen LogP contribution is -2.44. The summed E-state index contributed by atoms with van der Waals surface area (Å²) in [7, 11) is -0.124. The van der Waals surface area contributed by atoms with E-state index < -0.39 is 5.60 Å². The number of aromatic nitrogens is 4. The van der Waals surface area contributed by atoms with Gasteiger partial charge in [-0.2, -0.15) is 0 Å². The van der Waals surface area contributed by atoms with Crippen LogP contribution in [0, 0.1) is 0 Å². The molecule has 3 heterocycles. The van der Waals surface area contributed by atoms with E-state index in [2.05, 4.69) is 27.0 Å². The molecule has 1 atom stereocenters. The molecule has 0 saturated carbocycles. The van der Waals surface area contributed by atoms with E-state index in [1.807, 2.05) is 33.9 Å². The van der Waals surface area contributed by atoms with Crippen LogP contribution >= 0.6 is 10.5 Å². The average molecular weight is 393 g/mol. The zero-order valence-corrected chi connectivity index (χ0v) is 17.4. The Morgan fingerprint density at radius 3 is 2.70 bits per heavy atom. The highest BCUT2D eigenvalue weighted by atomic mass is 32.2. The summed E-state index contributed by atoms with van der Waals surface area (Å²) in [5.41, 5.74) is 0.255. The van der Waals surface area contributed by atoms with Crippen LogP contribution in [0.2, 0.25) is 0 Å². The average Bonchev–Trinajstić information content (AvgIpc) is 3.09. The minimum Gasteiger partial charge on any atom is -0.444 e. The molecule has 9 heteroatoms. The lowest BCUT2D eigenvalue weighted by atomic mass is 10.1. The van der Waals surface area contributed by atoms with Crippen LogP contribution in [0.5, 0.6) is 0 Å². The molecular weight excluding hydrogens is 364 g/mol. The summed E-state index contributed by atoms with van der Waals surface area (Å²) >= 11 is 0. The fraction of sp³-hybridized carbons (Fsp3) is 0.611. The number of hydrogen-bond donors (Lipinski definition) is 1. The highest BCUT2D eigenvalue weighted by Gasteiger charge is 2.27. The van der Waals surface area contributed by atoms with Crippen molar-refractivity contribution in [2.24, 2.45) is 0 Å². The molecular formula is C18H28N6O2S. The van der Waals surface area contributed by atoms with Crippen molar-refractivity contribution in [1.82, 2.24) is 24.5 Å². The molecule has 0 aliphatic carbocycles. The third kappa shape index (κ3) is 4.77. The summed E-state index contributed by atoms with van der Waals surface area (Å²) in [6, 6.07) is 0.233. The highest BCUT2D eigenvalue weighted by molar-refractivity contribution is 8.14. The van der Waals surface area contributed by atoms with Crippen LogP contribution in [0.1, 0.15) is 40.5 Å². The van der Waals surface area contributed by atoms with Crippen molar-refractivity contribution in [2.75, 3.05) is 24.7 Å². The maximum Gasteiger partial charge on any atom is 0.410 e. The van der Waals surface area contributed by atoms with Gasteiger partial charge in [0.25, 0.3) is 0 Å². The Bertz CT molecular complexity index is 849. The smallest absolute Gasteiger partial charge is 0.410 e. The zero-order valence-electron chi connectivity index (χ0n) is 16.6. The third-order valence-corrected chi connectivity index (χ3v) is 5.82. The standard InChI is InChI=1S/C18H28N6O2S/c1-6-27(5)16-21-14(15-19-9-12-24(15)22-16)20-13-7-10-23(11-8-13)17(25)26-18(2,3)4/h6,9,12-13H,7-8,10-11H2,1-5H3,(H,20,21,22). The summed E-state index contributed by atoms with van der Waals surface area (Å²) in [5, 5.41) is 10.9. The van der Waals surface area contributed by atoms with Gasteiger partial charge in [-0.3, -0.25) is 0 Å². The first kappa shape index (κ1) is 19.6. The van der Waals surface area contributed by atoms with Gasteiger partial charge in [0.05, 0.1) is 0 Å². The number of imidazole rings is 1. The van der Waals surface area contributed by atoms with Gasteiger partial charge in [-0.15, -0.1) is 15.6 Å². The molecule has 0 aromatic carbocycles. The molecule has 1 aliphatic rings. The van der Waals surface area contributed by atoms with Gasteiger partial charge >= 0.3 is 6.09 Å². The largest absolute Gasteiger partial charge is 0.444 e. The fourth-order valence-corrected chi connectivity index (χ4v) is 3.54. The number of nitrogens with zero attached hydrogens (tertiary/aromatic N) is 5. The molecule has 3 rings (SSSR count). The van der Waals surface area contributed by atoms with Crippen LogP contribution < -0.4 is 5.32 Å². The van der Waals surface area contributed by atoms with Gasteiger partial charge in [0, 0.05) is 31.5 Å². The molecule has 1 unspecified atom stereocenters. The van der Waals surface area contributed by atoms with Gasteiger partial charge < -0.3 is 15.0 Å². The number of nitrogens with one attached hydrogen (secondary N) is 1. The van der Waals surface area contributed by atoms with E-state index in [4.69, 9.17) is 9.72 Å². The Morgan fingerprint density at radius 2 is 2.07 bits per heavy atom. The van der Waals surface area contributed by atoms with Crippen molar-refractivity contribution in [1.29, 1.82) is 0 Å². The highest BCUT2D eigenvalue weighted by Crippen LogP contribution is 2.24. The van der Waals surface area contributed by atoms with Gasteiger partial charge in [0.15, 0.2) is 11.5 Å². The van der Waals surface area contributed by atoms with Crippen LogP contribution in [0.4, 0.5) is 10.6 Å². The number of amides is 1. The van der Waals surface area contributed by atoms with E-state index in [0.717, 1.165) is 29.5 Å². The summed E-state index contributed by atoms with van der Waals surface area (Å²) in [5.74, 6) is 0.752. The van der Waals surface area contributed by atoms with Crippen molar-refractivity contribution in [3.8, 4) is 0 Å². The zero-order chi connectivity index (χ0) is 19.6. The predicted molar refractivity (Wildman–Crippen MR) is 109 cm³/mol. The van der Waals surface area contributed by atoms with Crippen LogP contribution in [0.15, 0.2) is 17.6 Å². The summed E-state index contributed by atoms with van der Waals surface area (Å²) in [4.78, 5) is 23.1. The van der Waals surface area contributed by atoms with E-state index in [1.54, 1.807) is 15.6 Å². The van der Waals surface area contributed by atoms with Crippen LogP contribution in [0.25, 0.3) is 5.65 Å². The van der Waals surface area contributed by atoms with Gasteiger partial charge in [-0.1, -0.05) is 5.37 Å². The minimum absolute atomic E-state index is 0.124. The van der Waals surface area contributed by atoms with Crippen LogP contribution in [0.3, 0.4) is 0 Å². The van der Waals surface area contributed by atoms with Gasteiger partial charge in [0.1, 0.15) is 5.60 Å².